The molecule has 0 radical (unpaired) electrons. The van der Waals surface area contributed by atoms with Crippen LogP contribution in [0.5, 0.6) is 0 Å². The van der Waals surface area contributed by atoms with Crippen molar-refractivity contribution in [1.82, 2.24) is 4.98 Å². The van der Waals surface area contributed by atoms with Gasteiger partial charge in [-0.25, -0.2) is 0 Å². The molecule has 1 heterocycles. The quantitative estimate of drug-likeness (QED) is 0.123. The Labute approximate surface area is 246 Å². The third-order valence-electron chi connectivity index (χ3n) is 6.62. The van der Waals surface area contributed by atoms with E-state index in [1.54, 1.807) is 0 Å². The molecule has 4 N–H and O–H groups in total. The molecule has 4 aromatic carbocycles. The summed E-state index contributed by atoms with van der Waals surface area (Å²) in [5.74, 6) is 0. The summed E-state index contributed by atoms with van der Waals surface area (Å²) < 4.78 is 0. The molecular formula is C33H37N3NiP2+2. The van der Waals surface area contributed by atoms with Crippen LogP contribution < -0.4 is 21.2 Å². The Kier molecular flexibility index (Phi) is 14.2. The van der Waals surface area contributed by atoms with Crippen molar-refractivity contribution in [3.05, 3.63) is 163 Å². The van der Waals surface area contributed by atoms with Gasteiger partial charge in [-0.1, -0.05) is 78.9 Å². The third kappa shape index (κ3) is 9.18. The van der Waals surface area contributed by atoms with Gasteiger partial charge in [-0.2, -0.15) is 0 Å². The zero-order valence-electron chi connectivity index (χ0n) is 22.0. The minimum absolute atomic E-state index is 0. The smallest absolute Gasteiger partial charge is 0.693 e. The summed E-state index contributed by atoms with van der Waals surface area (Å²) in [7, 11) is -1.68. The topological polar surface area (TPSA) is 79.9 Å². The molecule has 5 aromatic rings. The zero-order chi connectivity index (χ0) is 24.4. The molecule has 0 amide bonds. The molecule has 0 aliphatic carbocycles. The minimum Gasteiger partial charge on any atom is -0.693 e. The van der Waals surface area contributed by atoms with Gasteiger partial charge >= 0.3 is 16.5 Å². The van der Waals surface area contributed by atoms with Gasteiger partial charge in [0.15, 0.2) is 0 Å². The first kappa shape index (κ1) is 32.5. The van der Waals surface area contributed by atoms with Crippen LogP contribution in [0.2, 0.25) is 0 Å². The molecular weight excluding hydrogens is 559 g/mol. The summed E-state index contributed by atoms with van der Waals surface area (Å²) in [6.07, 6.45) is 4.33. The van der Waals surface area contributed by atoms with E-state index in [4.69, 9.17) is 4.98 Å². The molecule has 0 unspecified atom stereocenters. The average molecular weight is 596 g/mol. The number of hydrogen-bond acceptors (Lipinski definition) is 1. The van der Waals surface area contributed by atoms with E-state index in [-0.39, 0.29) is 28.8 Å². The number of hydrogen-bond donors (Lipinski definition) is 0. The van der Waals surface area contributed by atoms with Crippen molar-refractivity contribution in [1.29, 1.82) is 0 Å². The van der Waals surface area contributed by atoms with E-state index in [0.717, 1.165) is 25.2 Å². The monoisotopic (exact) mass is 595 g/mol. The summed E-state index contributed by atoms with van der Waals surface area (Å²) in [5, 5.41) is 5.90. The first-order valence-corrected chi connectivity index (χ1v) is 16.2. The number of nitrogens with two attached hydrogens (primary N) is 2. The Bertz CT molecular complexity index is 1160. The summed E-state index contributed by atoms with van der Waals surface area (Å²) in [4.78, 5) is 5.12. The summed E-state index contributed by atoms with van der Waals surface area (Å²) >= 11 is 0. The van der Waals surface area contributed by atoms with E-state index >= 15 is 0 Å². The van der Waals surface area contributed by atoms with Crippen LogP contribution in [0.4, 0.5) is 0 Å². The number of aryl methyl sites for hydroxylation is 2. The largest absolute Gasteiger partial charge is 2.00 e. The fourth-order valence-electron chi connectivity index (χ4n) is 4.78. The van der Waals surface area contributed by atoms with Crippen LogP contribution >= 0.6 is 15.8 Å². The third-order valence-corrected chi connectivity index (χ3v) is 12.2. The normalized spacial score (nSPS) is 10.3. The molecule has 0 aliphatic heterocycles. The molecule has 5 rings (SSSR count). The van der Waals surface area contributed by atoms with Crippen molar-refractivity contribution >= 4 is 37.1 Å². The van der Waals surface area contributed by atoms with Gasteiger partial charge < -0.3 is 12.3 Å². The minimum atomic E-state index is -0.842. The van der Waals surface area contributed by atoms with E-state index in [9.17, 15) is 0 Å². The molecule has 0 saturated heterocycles. The Morgan fingerprint density at radius 1 is 0.385 bits per heavy atom. The second kappa shape index (κ2) is 17.1. The molecule has 0 bridgehead atoms. The number of pyridine rings is 1. The van der Waals surface area contributed by atoms with Crippen molar-refractivity contribution in [3.8, 4) is 0 Å². The van der Waals surface area contributed by atoms with E-state index in [0.29, 0.717) is 0 Å². The maximum Gasteiger partial charge on any atom is 2.00 e. The molecule has 202 valence electrons. The van der Waals surface area contributed by atoms with Gasteiger partial charge in [-0.15, -0.1) is 0 Å². The standard InChI is InChI=1S/C33H31NP2.2H2N.Ni/c1-5-16-30(17-6-1)35(31-18-7-2-8-19-31)26-24-28-14-13-15-29(34-28)25-27-36(32-20-9-3-10-21-32)33-22-11-4-12-23-33;;;/h1-23H,24-27H2;2*1H2;/q;2*-1;+2/p+2. The fourth-order valence-corrected chi connectivity index (χ4v) is 9.99. The van der Waals surface area contributed by atoms with Crippen LogP contribution in [0, 0.1) is 0 Å². The summed E-state index contributed by atoms with van der Waals surface area (Å²) in [6, 6.07) is 50.7. The van der Waals surface area contributed by atoms with Crippen LogP contribution in [0.25, 0.3) is 12.3 Å². The Morgan fingerprint density at radius 3 is 0.949 bits per heavy atom. The van der Waals surface area contributed by atoms with E-state index in [1.807, 2.05) is 0 Å². The Hall–Kier alpha value is -2.70. The number of rotatable bonds is 10. The first-order valence-electron chi connectivity index (χ1n) is 12.7. The number of benzene rings is 4. The average Bonchev–Trinajstić information content (AvgIpc) is 2.96. The molecule has 39 heavy (non-hydrogen) atoms. The maximum atomic E-state index is 5.12. The first-order chi connectivity index (χ1) is 17.9. The van der Waals surface area contributed by atoms with Gasteiger partial charge in [-0.3, -0.25) is 4.98 Å². The number of nitrogens with zero attached hydrogens (tertiary/aromatic N) is 1. The van der Waals surface area contributed by atoms with Crippen LogP contribution in [0.15, 0.2) is 140 Å². The van der Waals surface area contributed by atoms with Crippen molar-refractivity contribution in [2.24, 2.45) is 0 Å². The van der Waals surface area contributed by atoms with Crippen molar-refractivity contribution in [2.75, 3.05) is 12.3 Å². The maximum absolute atomic E-state index is 5.12. The van der Waals surface area contributed by atoms with E-state index < -0.39 is 15.8 Å². The van der Waals surface area contributed by atoms with Crippen LogP contribution in [0.1, 0.15) is 11.4 Å². The van der Waals surface area contributed by atoms with Crippen LogP contribution in [-0.2, 0) is 29.3 Å². The van der Waals surface area contributed by atoms with Gasteiger partial charge in [0.1, 0.15) is 0 Å². The van der Waals surface area contributed by atoms with Crippen molar-refractivity contribution in [2.45, 2.75) is 12.8 Å². The van der Waals surface area contributed by atoms with E-state index in [2.05, 4.69) is 140 Å². The predicted molar refractivity (Wildman–Crippen MR) is 173 cm³/mol. The van der Waals surface area contributed by atoms with E-state index in [1.165, 1.54) is 32.6 Å². The predicted octanol–water partition coefficient (Wildman–Crippen LogP) is 7.33. The van der Waals surface area contributed by atoms with Crippen LogP contribution in [0.3, 0.4) is 0 Å². The molecule has 0 saturated carbocycles. The van der Waals surface area contributed by atoms with Gasteiger partial charge in [0.25, 0.3) is 0 Å². The SMILES string of the molecule is [NH2-].[NH2-].[Ni+2].c1ccc([PH+](CCc2cccc(CC[PH+](c3ccccc3)c3ccccc3)n2)c2ccccc2)cc1. The molecule has 0 fully saturated rings. The van der Waals surface area contributed by atoms with Gasteiger partial charge in [0.05, 0.1) is 49.4 Å². The molecule has 0 atom stereocenters. The van der Waals surface area contributed by atoms with Crippen molar-refractivity contribution in [3.63, 3.8) is 0 Å². The second-order valence-corrected chi connectivity index (χ2v) is 14.3. The summed E-state index contributed by atoms with van der Waals surface area (Å²) in [5.41, 5.74) is 2.44. The summed E-state index contributed by atoms with van der Waals surface area (Å²) in [6.45, 7) is 0. The molecule has 0 spiro atoms. The van der Waals surface area contributed by atoms with Gasteiger partial charge in [-0.05, 0) is 60.7 Å². The Morgan fingerprint density at radius 2 is 0.667 bits per heavy atom. The van der Waals surface area contributed by atoms with Gasteiger partial charge in [0, 0.05) is 24.2 Å². The molecule has 6 heteroatoms. The van der Waals surface area contributed by atoms with Crippen LogP contribution in [-0.4, -0.2) is 17.3 Å². The van der Waals surface area contributed by atoms with Crippen molar-refractivity contribution < 1.29 is 16.5 Å². The fraction of sp³-hybridized carbons (Fsp3) is 0.121. The number of aromatic nitrogens is 1. The molecule has 0 aliphatic rings. The van der Waals surface area contributed by atoms with Gasteiger partial charge in [0.2, 0.25) is 0 Å². The second-order valence-electron chi connectivity index (χ2n) is 9.04. The molecule has 3 nitrogen and oxygen atoms in total. The zero-order valence-corrected chi connectivity index (χ0v) is 25.0. The molecule has 1 aromatic heterocycles. The Balaban J connectivity index is 0.00000178.